The second-order valence-corrected chi connectivity index (χ2v) is 14.2. The van der Waals surface area contributed by atoms with Crippen molar-refractivity contribution in [2.75, 3.05) is 13.2 Å². The van der Waals surface area contributed by atoms with Gasteiger partial charge < -0.3 is 56.9 Å². The van der Waals surface area contributed by atoms with Gasteiger partial charge in [-0.05, 0) is 49.3 Å². The summed E-state index contributed by atoms with van der Waals surface area (Å²) >= 11 is 0. The molecule has 55 heavy (non-hydrogen) atoms. The van der Waals surface area contributed by atoms with E-state index in [0.717, 1.165) is 17.0 Å². The first kappa shape index (κ1) is 46.0. The van der Waals surface area contributed by atoms with Crippen molar-refractivity contribution < 1.29 is 77.7 Å². The number of carboxylic acid groups (broad SMARTS) is 3. The number of rotatable bonds is 22. The van der Waals surface area contributed by atoms with Gasteiger partial charge in [-0.15, -0.1) is 0 Å². The Labute approximate surface area is 314 Å². The molecule has 0 spiro atoms. The molecule has 12 N–H and O–H groups in total. The van der Waals surface area contributed by atoms with Crippen molar-refractivity contribution >= 4 is 55.3 Å². The van der Waals surface area contributed by atoms with Crippen LogP contribution in [0.4, 0.5) is 0 Å². The highest BCUT2D eigenvalue weighted by atomic mass is 31.2. The zero-order chi connectivity index (χ0) is 41.6. The Kier molecular flexibility index (Phi) is 17.6. The van der Waals surface area contributed by atoms with Gasteiger partial charge in [0.1, 0.15) is 36.0 Å². The van der Waals surface area contributed by atoms with E-state index in [1.165, 1.54) is 12.1 Å². The molecule has 1 aliphatic heterocycles. The van der Waals surface area contributed by atoms with Crippen molar-refractivity contribution in [3.8, 4) is 5.75 Å². The first-order valence-corrected chi connectivity index (χ1v) is 18.5. The van der Waals surface area contributed by atoms with Crippen LogP contribution in [0.1, 0.15) is 57.9 Å². The third kappa shape index (κ3) is 15.3. The Morgan fingerprint density at radius 1 is 0.818 bits per heavy atom. The van der Waals surface area contributed by atoms with E-state index >= 15 is 0 Å². The molecule has 5 amide bonds. The minimum absolute atomic E-state index is 0.0290. The van der Waals surface area contributed by atoms with E-state index in [2.05, 4.69) is 25.8 Å². The molecule has 0 aliphatic carbocycles. The van der Waals surface area contributed by atoms with Crippen molar-refractivity contribution in [2.45, 2.75) is 95.0 Å². The summed E-state index contributed by atoms with van der Waals surface area (Å²) in [5.74, 6) is -9.65. The van der Waals surface area contributed by atoms with E-state index in [1.807, 2.05) is 0 Å². The average molecular weight is 803 g/mol. The van der Waals surface area contributed by atoms with Gasteiger partial charge in [-0.25, -0.2) is 9.36 Å². The molecule has 1 heterocycles. The van der Waals surface area contributed by atoms with Gasteiger partial charge in [0, 0.05) is 25.8 Å². The lowest BCUT2D eigenvalue weighted by molar-refractivity contribution is -0.150. The number of amides is 5. The Hall–Kier alpha value is -5.15. The number of carbonyl (C=O) groups excluding carboxylic acids is 5. The molecule has 23 heteroatoms. The van der Waals surface area contributed by atoms with Gasteiger partial charge in [-0.3, -0.25) is 43.3 Å². The van der Waals surface area contributed by atoms with Crippen LogP contribution in [0, 0.1) is 5.92 Å². The fourth-order valence-electron chi connectivity index (χ4n) is 5.49. The molecule has 1 fully saturated rings. The summed E-state index contributed by atoms with van der Waals surface area (Å²) in [6.07, 6.45) is -1.78. The summed E-state index contributed by atoms with van der Waals surface area (Å²) < 4.78 is 15.8. The molecular formula is C32H47N6O16P. The first-order valence-electron chi connectivity index (χ1n) is 17.0. The van der Waals surface area contributed by atoms with Gasteiger partial charge >= 0.3 is 25.7 Å². The maximum Gasteiger partial charge on any atom is 0.524 e. The Bertz CT molecular complexity index is 1620. The number of nitrogens with two attached hydrogens (primary N) is 1. The van der Waals surface area contributed by atoms with Crippen LogP contribution >= 0.6 is 7.82 Å². The van der Waals surface area contributed by atoms with Crippen molar-refractivity contribution in [1.29, 1.82) is 0 Å². The fourth-order valence-corrected chi connectivity index (χ4v) is 5.89. The maximum atomic E-state index is 13.9. The van der Waals surface area contributed by atoms with E-state index in [-0.39, 0.29) is 37.1 Å². The average Bonchev–Trinajstić information content (AvgIpc) is 3.60. The number of nitrogens with one attached hydrogen (secondary N) is 4. The standard InChI is InChI=1S/C32H47N6O16P/c1-16(2)26(37-27(44)19(33)9-11-24(40)41)30(47)35-21(14-17-5-7-18(8-6-17)54-55(51,52)53)29(46)34-20(10-12-25(42)43)28(45)36-22(15-39)31(48)38-13-3-4-23(38)32(49)50/h5-8,16,19-23,26,39H,3-4,9-15,33H2,1-2H3,(H,34,46)(H,35,47)(H,36,45)(H,37,44)(H,40,41)(H,42,43)(H,49,50)(H2,51,52,53)/t19-,20-,21-,22-,23-,26-/m0/s1. The number of phosphoric ester groups is 1. The number of carbonyl (C=O) groups is 8. The van der Waals surface area contributed by atoms with Gasteiger partial charge in [-0.1, -0.05) is 26.0 Å². The van der Waals surface area contributed by atoms with Crippen molar-refractivity contribution in [3.05, 3.63) is 29.8 Å². The number of benzene rings is 1. The molecule has 6 atom stereocenters. The van der Waals surface area contributed by atoms with Gasteiger partial charge in [-0.2, -0.15) is 0 Å². The summed E-state index contributed by atoms with van der Waals surface area (Å²) in [5, 5.41) is 47.1. The van der Waals surface area contributed by atoms with E-state index in [4.69, 9.17) is 20.6 Å². The normalized spacial score (nSPS) is 16.9. The lowest BCUT2D eigenvalue weighted by atomic mass is 9.99. The number of likely N-dealkylation sites (tertiary alicyclic amines) is 1. The summed E-state index contributed by atoms with van der Waals surface area (Å²) in [6, 6.07) is -3.87. The van der Waals surface area contributed by atoms with Gasteiger partial charge in [0.15, 0.2) is 0 Å². The molecule has 22 nitrogen and oxygen atoms in total. The number of carboxylic acids is 3. The highest BCUT2D eigenvalue weighted by Crippen LogP contribution is 2.37. The molecule has 306 valence electrons. The van der Waals surface area contributed by atoms with Crippen LogP contribution in [0.25, 0.3) is 0 Å². The predicted octanol–water partition coefficient (Wildman–Crippen LogP) is -2.58. The number of hydrogen-bond acceptors (Lipinski definition) is 12. The summed E-state index contributed by atoms with van der Waals surface area (Å²) in [4.78, 5) is 120. The van der Waals surface area contributed by atoms with Crippen LogP contribution in [0.3, 0.4) is 0 Å². The smallest absolute Gasteiger partial charge is 0.481 e. The molecule has 0 aromatic heterocycles. The van der Waals surface area contributed by atoms with Crippen LogP contribution in [0.2, 0.25) is 0 Å². The van der Waals surface area contributed by atoms with Crippen LogP contribution in [-0.4, -0.2) is 132 Å². The number of aliphatic carboxylic acids is 3. The van der Waals surface area contributed by atoms with Gasteiger partial charge in [0.05, 0.1) is 12.6 Å². The second-order valence-electron chi connectivity index (χ2n) is 13.0. The van der Waals surface area contributed by atoms with E-state index in [1.54, 1.807) is 13.8 Å². The lowest BCUT2D eigenvalue weighted by Gasteiger charge is -2.29. The molecule has 0 radical (unpaired) electrons. The molecular weight excluding hydrogens is 755 g/mol. The zero-order valence-electron chi connectivity index (χ0n) is 30.0. The largest absolute Gasteiger partial charge is 0.524 e. The highest BCUT2D eigenvalue weighted by Gasteiger charge is 2.39. The summed E-state index contributed by atoms with van der Waals surface area (Å²) in [7, 11) is -4.92. The predicted molar refractivity (Wildman–Crippen MR) is 187 cm³/mol. The maximum absolute atomic E-state index is 13.9. The number of aliphatic hydroxyl groups is 1. The number of hydrogen-bond donors (Lipinski definition) is 11. The van der Waals surface area contributed by atoms with Crippen LogP contribution in [0.5, 0.6) is 5.75 Å². The van der Waals surface area contributed by atoms with Gasteiger partial charge in [0.25, 0.3) is 0 Å². The molecule has 0 saturated carbocycles. The number of phosphoric acid groups is 1. The van der Waals surface area contributed by atoms with E-state index in [9.17, 15) is 58.2 Å². The third-order valence-corrected chi connectivity index (χ3v) is 8.82. The summed E-state index contributed by atoms with van der Waals surface area (Å²) in [5.41, 5.74) is 6.07. The first-order chi connectivity index (χ1) is 25.6. The Morgan fingerprint density at radius 2 is 1.36 bits per heavy atom. The van der Waals surface area contributed by atoms with E-state index in [0.29, 0.717) is 6.42 Å². The fraction of sp³-hybridized carbons (Fsp3) is 0.562. The zero-order valence-corrected chi connectivity index (χ0v) is 30.8. The molecule has 1 aromatic carbocycles. The molecule has 1 aromatic rings. The minimum atomic E-state index is -4.92. The molecule has 0 unspecified atom stereocenters. The van der Waals surface area contributed by atoms with Crippen molar-refractivity contribution in [3.63, 3.8) is 0 Å². The van der Waals surface area contributed by atoms with Crippen LogP contribution in [-0.2, 0) is 49.3 Å². The Balaban J connectivity index is 2.40. The quantitative estimate of drug-likeness (QED) is 0.0536. The SMILES string of the molecule is CC(C)[C@H](NC(=O)[C@@H](N)CCC(=O)O)C(=O)N[C@@H](Cc1ccc(OP(=O)(O)O)cc1)C(=O)N[C@@H](CCC(=O)O)C(=O)N[C@@H](CO)C(=O)N1CCC[C@H]1C(=O)O. The molecule has 2 rings (SSSR count). The van der Waals surface area contributed by atoms with Crippen LogP contribution in [0.15, 0.2) is 24.3 Å². The van der Waals surface area contributed by atoms with Crippen molar-refractivity contribution in [1.82, 2.24) is 26.2 Å². The molecule has 1 saturated heterocycles. The lowest BCUT2D eigenvalue weighted by Crippen LogP contribution is -2.60. The monoisotopic (exact) mass is 802 g/mol. The van der Waals surface area contributed by atoms with E-state index < -0.39 is 123 Å². The molecule has 0 bridgehead atoms. The molecule has 1 aliphatic rings. The van der Waals surface area contributed by atoms with Crippen molar-refractivity contribution in [2.24, 2.45) is 11.7 Å². The van der Waals surface area contributed by atoms with Gasteiger partial charge in [0.2, 0.25) is 29.5 Å². The minimum Gasteiger partial charge on any atom is -0.481 e. The second kappa shape index (κ2) is 21.1. The topological polar surface area (TPSA) is 362 Å². The number of aliphatic hydroxyl groups excluding tert-OH is 1. The third-order valence-electron chi connectivity index (χ3n) is 8.37. The summed E-state index contributed by atoms with van der Waals surface area (Å²) in [6.45, 7) is 2.15. The number of nitrogens with zero attached hydrogens (tertiary/aromatic N) is 1. The highest BCUT2D eigenvalue weighted by molar-refractivity contribution is 7.46. The van der Waals surface area contributed by atoms with Crippen LogP contribution < -0.4 is 31.5 Å². The Morgan fingerprint density at radius 3 is 1.89 bits per heavy atom.